The van der Waals surface area contributed by atoms with Gasteiger partial charge in [0.25, 0.3) is 0 Å². The molecule has 0 radical (unpaired) electrons. The molecule has 1 aromatic carbocycles. The van der Waals surface area contributed by atoms with Gasteiger partial charge in [0, 0.05) is 5.69 Å². The zero-order valence-corrected chi connectivity index (χ0v) is 17.8. The number of carbonyl (C=O) groups excluding carboxylic acids is 2. The van der Waals surface area contributed by atoms with E-state index in [-0.39, 0.29) is 17.8 Å². The molecule has 9 heteroatoms. The summed E-state index contributed by atoms with van der Waals surface area (Å²) >= 11 is 2.43. The molecule has 0 bridgehead atoms. The monoisotopic (exact) mass is 428 g/mol. The number of thiazole rings is 1. The number of aryl methyl sites for hydroxylation is 2. The minimum absolute atomic E-state index is 0.185. The van der Waals surface area contributed by atoms with E-state index >= 15 is 0 Å². The average Bonchev–Trinajstić information content (AvgIpc) is 3.07. The van der Waals surface area contributed by atoms with Crippen molar-refractivity contribution in [2.45, 2.75) is 37.7 Å². The van der Waals surface area contributed by atoms with Crippen LogP contribution in [0.15, 0.2) is 47.8 Å². The fourth-order valence-electron chi connectivity index (χ4n) is 2.36. The Balaban J connectivity index is 1.58. The number of amides is 1. The van der Waals surface area contributed by atoms with Gasteiger partial charge in [-0.25, -0.2) is 19.7 Å². The zero-order chi connectivity index (χ0) is 20.8. The van der Waals surface area contributed by atoms with Gasteiger partial charge in [-0.05, 0) is 32.4 Å². The number of nitrogens with one attached hydrogen (secondary N) is 1. The summed E-state index contributed by atoms with van der Waals surface area (Å²) in [7, 11) is 0. The van der Waals surface area contributed by atoms with Gasteiger partial charge < -0.3 is 10.1 Å². The minimum Gasteiger partial charge on any atom is -0.457 e. The molecule has 0 aliphatic carbocycles. The molecular weight excluding hydrogens is 408 g/mol. The van der Waals surface area contributed by atoms with Gasteiger partial charge in [-0.2, -0.15) is 0 Å². The number of hydrogen-bond donors (Lipinski definition) is 1. The Morgan fingerprint density at radius 1 is 1.21 bits per heavy atom. The van der Waals surface area contributed by atoms with E-state index in [0.29, 0.717) is 15.7 Å². The van der Waals surface area contributed by atoms with Gasteiger partial charge in [0.1, 0.15) is 22.8 Å². The molecule has 1 unspecified atom stereocenters. The van der Waals surface area contributed by atoms with Crippen LogP contribution in [-0.2, 0) is 16.1 Å². The fraction of sp³-hybridized carbons (Fsp3) is 0.250. The van der Waals surface area contributed by atoms with Crippen LogP contribution in [0, 0.1) is 13.8 Å². The normalized spacial score (nSPS) is 11.7. The Bertz CT molecular complexity index is 1010. The molecule has 0 aliphatic heterocycles. The Labute approximate surface area is 177 Å². The van der Waals surface area contributed by atoms with Gasteiger partial charge in [0.2, 0.25) is 5.91 Å². The minimum atomic E-state index is -0.455. The van der Waals surface area contributed by atoms with Crippen molar-refractivity contribution in [1.82, 2.24) is 15.0 Å². The molecule has 2 aromatic heterocycles. The van der Waals surface area contributed by atoms with E-state index in [1.54, 1.807) is 13.8 Å². The van der Waals surface area contributed by atoms with Gasteiger partial charge in [-0.15, -0.1) is 0 Å². The number of nitrogens with zero attached hydrogens (tertiary/aromatic N) is 3. The van der Waals surface area contributed by atoms with Gasteiger partial charge in [0.05, 0.1) is 10.9 Å². The number of esters is 1. The lowest BCUT2D eigenvalue weighted by molar-refractivity contribution is -0.115. The lowest BCUT2D eigenvalue weighted by Crippen LogP contribution is -2.22. The number of rotatable bonds is 7. The predicted octanol–water partition coefficient (Wildman–Crippen LogP) is 4.03. The van der Waals surface area contributed by atoms with Crippen molar-refractivity contribution < 1.29 is 14.3 Å². The lowest BCUT2D eigenvalue weighted by atomic mass is 10.2. The number of carbonyl (C=O) groups is 2. The van der Waals surface area contributed by atoms with E-state index in [4.69, 9.17) is 4.74 Å². The maximum atomic E-state index is 12.5. The van der Waals surface area contributed by atoms with E-state index < -0.39 is 5.97 Å². The fourth-order valence-corrected chi connectivity index (χ4v) is 4.10. The van der Waals surface area contributed by atoms with Crippen LogP contribution in [0.1, 0.15) is 33.5 Å². The van der Waals surface area contributed by atoms with Gasteiger partial charge in [-0.3, -0.25) is 4.79 Å². The van der Waals surface area contributed by atoms with Crippen LogP contribution in [-0.4, -0.2) is 32.1 Å². The summed E-state index contributed by atoms with van der Waals surface area (Å²) in [6.45, 7) is 5.55. The van der Waals surface area contributed by atoms with Crippen LogP contribution in [0.25, 0.3) is 0 Å². The summed E-state index contributed by atoms with van der Waals surface area (Å²) < 4.78 is 5.35. The molecule has 3 rings (SSSR count). The Morgan fingerprint density at radius 2 is 1.97 bits per heavy atom. The first-order chi connectivity index (χ1) is 13.9. The summed E-state index contributed by atoms with van der Waals surface area (Å²) in [4.78, 5) is 37.7. The first-order valence-electron chi connectivity index (χ1n) is 8.87. The van der Waals surface area contributed by atoms with Gasteiger partial charge in [-0.1, -0.05) is 53.4 Å². The van der Waals surface area contributed by atoms with E-state index in [1.165, 1.54) is 18.1 Å². The maximum Gasteiger partial charge on any atom is 0.350 e. The molecule has 0 fully saturated rings. The number of ether oxygens (including phenoxy) is 1. The molecule has 1 atom stereocenters. The zero-order valence-electron chi connectivity index (χ0n) is 16.2. The quantitative estimate of drug-likeness (QED) is 0.345. The predicted molar refractivity (Wildman–Crippen MR) is 113 cm³/mol. The molecule has 0 saturated heterocycles. The van der Waals surface area contributed by atoms with Crippen molar-refractivity contribution in [1.29, 1.82) is 0 Å². The standard InChI is InChI=1S/C20H20N4O3S2/c1-12-9-16(22-11-21-12)28-14(3)18(25)24-20-23-13(2)17(29-20)19(26)27-10-15-7-5-4-6-8-15/h4-9,11,14H,10H2,1-3H3,(H,23,24,25). The van der Waals surface area contributed by atoms with Crippen LogP contribution in [0.3, 0.4) is 0 Å². The number of benzene rings is 1. The lowest BCUT2D eigenvalue weighted by Gasteiger charge is -2.09. The SMILES string of the molecule is Cc1cc(SC(C)C(=O)Nc2nc(C)c(C(=O)OCc3ccccc3)s2)ncn1. The van der Waals surface area contributed by atoms with E-state index in [0.717, 1.165) is 27.6 Å². The second-order valence-corrected chi connectivity index (χ2v) is 8.60. The largest absolute Gasteiger partial charge is 0.457 e. The number of anilines is 1. The third-order valence-corrected chi connectivity index (χ3v) is 5.96. The maximum absolute atomic E-state index is 12.5. The molecule has 1 N–H and O–H groups in total. The molecule has 2 heterocycles. The highest BCUT2D eigenvalue weighted by atomic mass is 32.2. The van der Waals surface area contributed by atoms with Gasteiger partial charge in [0.15, 0.2) is 5.13 Å². The summed E-state index contributed by atoms with van der Waals surface area (Å²) in [5.74, 6) is -0.674. The van der Waals surface area contributed by atoms with Crippen LogP contribution in [0.2, 0.25) is 0 Å². The average molecular weight is 429 g/mol. The number of hydrogen-bond acceptors (Lipinski definition) is 8. The van der Waals surface area contributed by atoms with Crippen molar-refractivity contribution in [3.8, 4) is 0 Å². The van der Waals surface area contributed by atoms with Gasteiger partial charge >= 0.3 is 5.97 Å². The van der Waals surface area contributed by atoms with Crippen molar-refractivity contribution in [3.63, 3.8) is 0 Å². The van der Waals surface area contributed by atoms with Crippen molar-refractivity contribution in [2.75, 3.05) is 5.32 Å². The summed E-state index contributed by atoms with van der Waals surface area (Å²) in [6.07, 6.45) is 1.47. The first kappa shape index (κ1) is 20.9. The Morgan fingerprint density at radius 3 is 2.69 bits per heavy atom. The molecule has 0 saturated carbocycles. The van der Waals surface area contributed by atoms with E-state index in [2.05, 4.69) is 20.3 Å². The van der Waals surface area contributed by atoms with Crippen LogP contribution in [0.5, 0.6) is 0 Å². The molecule has 150 valence electrons. The molecule has 0 spiro atoms. The highest BCUT2D eigenvalue weighted by molar-refractivity contribution is 8.00. The van der Waals surface area contributed by atoms with Crippen molar-refractivity contribution in [2.24, 2.45) is 0 Å². The van der Waals surface area contributed by atoms with E-state index in [9.17, 15) is 9.59 Å². The van der Waals surface area contributed by atoms with Crippen LogP contribution < -0.4 is 5.32 Å². The first-order valence-corrected chi connectivity index (χ1v) is 10.6. The molecule has 1 amide bonds. The third-order valence-electron chi connectivity index (χ3n) is 3.87. The van der Waals surface area contributed by atoms with Crippen LogP contribution in [0.4, 0.5) is 5.13 Å². The molecule has 3 aromatic rings. The van der Waals surface area contributed by atoms with Crippen molar-refractivity contribution >= 4 is 40.1 Å². The Kier molecular flexibility index (Phi) is 6.95. The molecule has 7 nitrogen and oxygen atoms in total. The third kappa shape index (κ3) is 5.85. The second kappa shape index (κ2) is 9.62. The molecule has 0 aliphatic rings. The Hall–Kier alpha value is -2.78. The van der Waals surface area contributed by atoms with E-state index in [1.807, 2.05) is 43.3 Å². The highest BCUT2D eigenvalue weighted by Crippen LogP contribution is 2.26. The molecule has 29 heavy (non-hydrogen) atoms. The second-order valence-electron chi connectivity index (χ2n) is 6.24. The molecular formula is C20H20N4O3S2. The summed E-state index contributed by atoms with van der Waals surface area (Å²) in [5, 5.41) is 3.46. The summed E-state index contributed by atoms with van der Waals surface area (Å²) in [5.41, 5.74) is 2.27. The number of aromatic nitrogens is 3. The smallest absolute Gasteiger partial charge is 0.350 e. The number of thioether (sulfide) groups is 1. The highest BCUT2D eigenvalue weighted by Gasteiger charge is 2.21. The van der Waals surface area contributed by atoms with Crippen LogP contribution >= 0.6 is 23.1 Å². The van der Waals surface area contributed by atoms with Crippen molar-refractivity contribution in [3.05, 3.63) is 64.6 Å². The summed E-state index contributed by atoms with van der Waals surface area (Å²) in [6, 6.07) is 11.3. The topological polar surface area (TPSA) is 94.1 Å².